The Labute approximate surface area is 183 Å². The van der Waals surface area contributed by atoms with E-state index < -0.39 is 0 Å². The Morgan fingerprint density at radius 2 is 1.68 bits per heavy atom. The fraction of sp³-hybridized carbons (Fsp3) is 0.222. The molecule has 3 rings (SSSR count). The minimum absolute atomic E-state index is 0.115. The molecule has 0 aliphatic rings. The van der Waals surface area contributed by atoms with E-state index in [-0.39, 0.29) is 17.6 Å². The summed E-state index contributed by atoms with van der Waals surface area (Å²) in [5.41, 5.74) is 5.95. The zero-order valence-electron chi connectivity index (χ0n) is 18.7. The highest BCUT2D eigenvalue weighted by molar-refractivity contribution is 6.10. The molecule has 4 heteroatoms. The predicted molar refractivity (Wildman–Crippen MR) is 128 cm³/mol. The van der Waals surface area contributed by atoms with Crippen LogP contribution in [0, 0.1) is 5.82 Å². The Bertz CT molecular complexity index is 1120. The molecule has 31 heavy (non-hydrogen) atoms. The second kappa shape index (κ2) is 9.61. The normalized spacial score (nSPS) is 12.0. The Morgan fingerprint density at radius 3 is 2.26 bits per heavy atom. The average molecular weight is 417 g/mol. The third-order valence-corrected chi connectivity index (χ3v) is 5.30. The van der Waals surface area contributed by atoms with Crippen molar-refractivity contribution >= 4 is 17.2 Å². The highest BCUT2D eigenvalue weighted by atomic mass is 19.1. The van der Waals surface area contributed by atoms with Gasteiger partial charge in [0.2, 0.25) is 0 Å². The van der Waals surface area contributed by atoms with Crippen LogP contribution in [0.25, 0.3) is 16.8 Å². The summed E-state index contributed by atoms with van der Waals surface area (Å²) >= 11 is 0. The van der Waals surface area contributed by atoms with Crippen LogP contribution < -0.4 is 5.32 Å². The lowest BCUT2D eigenvalue weighted by molar-refractivity contribution is 0.102. The van der Waals surface area contributed by atoms with E-state index in [1.54, 1.807) is 12.1 Å². The quantitative estimate of drug-likeness (QED) is 0.424. The molecule has 1 heterocycles. The highest BCUT2D eigenvalue weighted by Gasteiger charge is 2.28. The molecule has 0 fully saturated rings. The lowest BCUT2D eigenvalue weighted by Gasteiger charge is -2.13. The Balaban J connectivity index is 2.30. The lowest BCUT2D eigenvalue weighted by Crippen LogP contribution is -2.16. The summed E-state index contributed by atoms with van der Waals surface area (Å²) in [6.07, 6.45) is 5.92. The molecule has 0 saturated carbocycles. The maximum Gasteiger partial charge on any atom is 0.258 e. The van der Waals surface area contributed by atoms with Gasteiger partial charge in [0.1, 0.15) is 5.82 Å². The van der Waals surface area contributed by atoms with Crippen molar-refractivity contribution in [3.63, 3.8) is 0 Å². The first kappa shape index (κ1) is 22.3. The molecule has 0 radical (unpaired) electrons. The second-order valence-corrected chi connectivity index (χ2v) is 7.90. The van der Waals surface area contributed by atoms with E-state index in [9.17, 15) is 9.18 Å². The number of allylic oxidation sites excluding steroid dienone is 4. The number of rotatable bonds is 6. The first-order valence-corrected chi connectivity index (χ1v) is 10.5. The monoisotopic (exact) mass is 416 g/mol. The topological polar surface area (TPSA) is 34.0 Å². The molecule has 0 bridgehead atoms. The van der Waals surface area contributed by atoms with Crippen LogP contribution in [0.2, 0.25) is 0 Å². The van der Waals surface area contributed by atoms with Crippen molar-refractivity contribution in [3.05, 3.63) is 95.5 Å². The van der Waals surface area contributed by atoms with Gasteiger partial charge in [-0.2, -0.15) is 0 Å². The van der Waals surface area contributed by atoms with Crippen molar-refractivity contribution in [2.45, 2.75) is 33.6 Å². The summed E-state index contributed by atoms with van der Waals surface area (Å²) in [6, 6.07) is 15.9. The summed E-state index contributed by atoms with van der Waals surface area (Å²) in [5, 5.41) is 3.05. The van der Waals surface area contributed by atoms with Gasteiger partial charge >= 0.3 is 0 Å². The van der Waals surface area contributed by atoms with Crippen LogP contribution >= 0.6 is 0 Å². The van der Waals surface area contributed by atoms with Crippen LogP contribution in [-0.2, 0) is 7.05 Å². The number of halogens is 1. The largest absolute Gasteiger partial charge is 0.346 e. The number of anilines is 1. The van der Waals surface area contributed by atoms with Gasteiger partial charge in [-0.05, 0) is 67.3 Å². The van der Waals surface area contributed by atoms with Crippen molar-refractivity contribution in [2.75, 3.05) is 5.32 Å². The smallest absolute Gasteiger partial charge is 0.258 e. The number of aromatic nitrogens is 1. The van der Waals surface area contributed by atoms with Gasteiger partial charge in [-0.3, -0.25) is 4.79 Å². The van der Waals surface area contributed by atoms with Gasteiger partial charge in [-0.25, -0.2) is 4.39 Å². The van der Waals surface area contributed by atoms with Crippen LogP contribution in [0.1, 0.15) is 55.2 Å². The molecular formula is C27H29FN2O. The number of hydrogen-bond donors (Lipinski definition) is 1. The van der Waals surface area contributed by atoms with Crippen LogP contribution in [0.3, 0.4) is 0 Å². The summed E-state index contributed by atoms with van der Waals surface area (Å²) in [7, 11) is 1.97. The van der Waals surface area contributed by atoms with Crippen molar-refractivity contribution in [3.8, 4) is 11.3 Å². The number of amides is 1. The van der Waals surface area contributed by atoms with Crippen molar-refractivity contribution in [1.82, 2.24) is 4.57 Å². The standard InChI is InChI=1S/C27H29FN2O/c1-6-7-11-19(4)23-24(27(31)29-22-12-9-8-10-13-22)25(18(2)3)30(5)26(23)20-14-16-21(28)17-15-20/h6-18H,1-5H3,(H,29,31)/b7-6-,19-11+. The van der Waals surface area contributed by atoms with E-state index in [1.807, 2.05) is 69.5 Å². The highest BCUT2D eigenvalue weighted by Crippen LogP contribution is 2.39. The SMILES string of the molecule is C/C=C\C=C(/C)c1c(C(=O)Nc2ccccc2)c(C(C)C)n(C)c1-c1ccc(F)cc1. The molecule has 0 spiro atoms. The lowest BCUT2D eigenvalue weighted by atomic mass is 9.94. The average Bonchev–Trinajstić information content (AvgIpc) is 3.06. The van der Waals surface area contributed by atoms with Gasteiger partial charge in [-0.1, -0.05) is 50.3 Å². The molecule has 0 aliphatic carbocycles. The summed E-state index contributed by atoms with van der Waals surface area (Å²) in [6.45, 7) is 8.12. The Morgan fingerprint density at radius 1 is 1.03 bits per heavy atom. The van der Waals surface area contributed by atoms with Gasteiger partial charge in [0.15, 0.2) is 0 Å². The Kier molecular flexibility index (Phi) is 6.91. The van der Waals surface area contributed by atoms with Crippen LogP contribution in [0.4, 0.5) is 10.1 Å². The van der Waals surface area contributed by atoms with Crippen molar-refractivity contribution in [1.29, 1.82) is 0 Å². The number of benzene rings is 2. The number of carbonyl (C=O) groups excluding carboxylic acids is 1. The fourth-order valence-electron chi connectivity index (χ4n) is 3.98. The maximum absolute atomic E-state index is 13.6. The van der Waals surface area contributed by atoms with Gasteiger partial charge in [0.25, 0.3) is 5.91 Å². The molecule has 0 atom stereocenters. The van der Waals surface area contributed by atoms with E-state index >= 15 is 0 Å². The third-order valence-electron chi connectivity index (χ3n) is 5.30. The van der Waals surface area contributed by atoms with Gasteiger partial charge in [-0.15, -0.1) is 0 Å². The minimum Gasteiger partial charge on any atom is -0.346 e. The van der Waals surface area contributed by atoms with E-state index in [2.05, 4.69) is 23.7 Å². The summed E-state index contributed by atoms with van der Waals surface area (Å²) in [4.78, 5) is 13.6. The van der Waals surface area contributed by atoms with Crippen molar-refractivity contribution < 1.29 is 9.18 Å². The molecule has 0 saturated heterocycles. The first-order chi connectivity index (χ1) is 14.8. The first-order valence-electron chi connectivity index (χ1n) is 10.5. The number of para-hydroxylation sites is 1. The fourth-order valence-corrected chi connectivity index (χ4v) is 3.98. The van der Waals surface area contributed by atoms with Crippen LogP contribution in [-0.4, -0.2) is 10.5 Å². The van der Waals surface area contributed by atoms with Gasteiger partial charge < -0.3 is 9.88 Å². The maximum atomic E-state index is 13.6. The summed E-state index contributed by atoms with van der Waals surface area (Å²) in [5.74, 6) is -0.321. The molecule has 3 nitrogen and oxygen atoms in total. The predicted octanol–water partition coefficient (Wildman–Crippen LogP) is 7.19. The molecule has 0 unspecified atom stereocenters. The molecular weight excluding hydrogens is 387 g/mol. The van der Waals surface area contributed by atoms with Crippen LogP contribution in [0.15, 0.2) is 72.8 Å². The molecule has 2 aromatic carbocycles. The van der Waals surface area contributed by atoms with E-state index in [0.29, 0.717) is 5.56 Å². The molecule has 1 amide bonds. The van der Waals surface area contributed by atoms with Crippen molar-refractivity contribution in [2.24, 2.45) is 7.05 Å². The molecule has 160 valence electrons. The number of hydrogen-bond acceptors (Lipinski definition) is 1. The summed E-state index contributed by atoms with van der Waals surface area (Å²) < 4.78 is 15.7. The second-order valence-electron chi connectivity index (χ2n) is 7.90. The number of carbonyl (C=O) groups is 1. The number of nitrogens with one attached hydrogen (secondary N) is 1. The van der Waals surface area contributed by atoms with E-state index in [0.717, 1.165) is 33.8 Å². The zero-order chi connectivity index (χ0) is 22.5. The van der Waals surface area contributed by atoms with Crippen LogP contribution in [0.5, 0.6) is 0 Å². The molecule has 1 N–H and O–H groups in total. The van der Waals surface area contributed by atoms with E-state index in [4.69, 9.17) is 0 Å². The van der Waals surface area contributed by atoms with E-state index in [1.165, 1.54) is 12.1 Å². The minimum atomic E-state index is -0.285. The molecule has 3 aromatic rings. The van der Waals surface area contributed by atoms with Gasteiger partial charge in [0.05, 0.1) is 11.3 Å². The Hall–Kier alpha value is -3.40. The molecule has 1 aromatic heterocycles. The zero-order valence-corrected chi connectivity index (χ0v) is 18.7. The molecule has 0 aliphatic heterocycles. The number of nitrogens with zero attached hydrogens (tertiary/aromatic N) is 1. The third kappa shape index (κ3) is 4.69. The van der Waals surface area contributed by atoms with Gasteiger partial charge in [0, 0.05) is 24.0 Å².